The Hall–Kier alpha value is -5.09. The smallest absolute Gasteiger partial charge is 0.407 e. The van der Waals surface area contributed by atoms with Gasteiger partial charge >= 0.3 is 6.09 Å². The molecule has 1 aliphatic rings. The van der Waals surface area contributed by atoms with Crippen LogP contribution in [0.15, 0.2) is 85.3 Å². The molecule has 5 aromatic rings. The van der Waals surface area contributed by atoms with Crippen molar-refractivity contribution in [2.24, 2.45) is 0 Å². The van der Waals surface area contributed by atoms with Crippen molar-refractivity contribution in [3.63, 3.8) is 0 Å². The van der Waals surface area contributed by atoms with Gasteiger partial charge in [0.05, 0.1) is 16.1 Å². The number of fused-ring (bicyclic) bond motifs is 1. The molecule has 10 nitrogen and oxygen atoms in total. The number of aryl methyl sites for hydroxylation is 1. The van der Waals surface area contributed by atoms with Crippen molar-refractivity contribution in [3.05, 3.63) is 118 Å². The minimum atomic E-state index is -0.544. The van der Waals surface area contributed by atoms with Crippen LogP contribution in [0.25, 0.3) is 27.9 Å². The van der Waals surface area contributed by atoms with Gasteiger partial charge in [0.1, 0.15) is 11.9 Å². The average molecular weight is 677 g/mol. The van der Waals surface area contributed by atoms with E-state index >= 15 is 0 Å². The maximum atomic E-state index is 12.1. The molecule has 1 fully saturated rings. The molecular formula is C40H48N6O4. The number of nitrogens with zero attached hydrogens (tertiary/aromatic N) is 5. The molecule has 0 bridgehead atoms. The molecule has 0 saturated carbocycles. The molecule has 6 rings (SSSR count). The summed E-state index contributed by atoms with van der Waals surface area (Å²) in [6, 6.07) is 24.1. The quantitative estimate of drug-likeness (QED) is 0.123. The van der Waals surface area contributed by atoms with Crippen LogP contribution in [0.2, 0.25) is 0 Å². The fraction of sp³-hybridized carbons (Fsp3) is 0.375. The molecule has 0 aliphatic carbocycles. The van der Waals surface area contributed by atoms with Crippen LogP contribution in [-0.2, 0) is 17.7 Å². The van der Waals surface area contributed by atoms with Crippen LogP contribution in [0.5, 0.6) is 0 Å². The summed E-state index contributed by atoms with van der Waals surface area (Å²) < 4.78 is 7.25. The summed E-state index contributed by atoms with van der Waals surface area (Å²) in [6.45, 7) is 15.0. The van der Waals surface area contributed by atoms with E-state index in [1.54, 1.807) is 18.5 Å². The van der Waals surface area contributed by atoms with Gasteiger partial charge in [0.2, 0.25) is 0 Å². The summed E-state index contributed by atoms with van der Waals surface area (Å²) in [5.74, 6) is 0.449. The van der Waals surface area contributed by atoms with E-state index in [9.17, 15) is 14.9 Å². The van der Waals surface area contributed by atoms with Crippen LogP contribution in [0.1, 0.15) is 75.6 Å². The highest BCUT2D eigenvalue weighted by atomic mass is 16.6. The van der Waals surface area contributed by atoms with Crippen molar-refractivity contribution >= 4 is 17.3 Å². The number of rotatable bonds is 9. The van der Waals surface area contributed by atoms with Gasteiger partial charge in [-0.15, -0.1) is 0 Å². The molecule has 2 aromatic heterocycles. The van der Waals surface area contributed by atoms with Crippen LogP contribution in [0, 0.1) is 17.0 Å². The van der Waals surface area contributed by atoms with Gasteiger partial charge in [-0.2, -0.15) is 5.10 Å². The van der Waals surface area contributed by atoms with E-state index in [1.807, 2.05) is 70.3 Å². The number of nitrogens with one attached hydrogen (secondary N) is 1. The Morgan fingerprint density at radius 2 is 1.72 bits per heavy atom. The Balaban J connectivity index is 0.00000239. The summed E-state index contributed by atoms with van der Waals surface area (Å²) in [6.07, 6.45) is 6.28. The van der Waals surface area contributed by atoms with E-state index in [0.29, 0.717) is 12.5 Å². The lowest BCUT2D eigenvalue weighted by Gasteiger charge is -2.32. The number of nitro benzene ring substituents is 1. The Labute approximate surface area is 294 Å². The molecule has 0 spiro atoms. The number of benzene rings is 3. The summed E-state index contributed by atoms with van der Waals surface area (Å²) in [5.41, 5.74) is 9.12. The number of aromatic nitrogens is 3. The van der Waals surface area contributed by atoms with E-state index in [4.69, 9.17) is 4.74 Å². The van der Waals surface area contributed by atoms with Crippen LogP contribution in [0.3, 0.4) is 0 Å². The third kappa shape index (κ3) is 9.12. The molecule has 1 amide bonds. The lowest BCUT2D eigenvalue weighted by molar-refractivity contribution is -0.384. The molecule has 1 aliphatic heterocycles. The fourth-order valence-corrected chi connectivity index (χ4v) is 6.38. The maximum Gasteiger partial charge on any atom is 0.407 e. The summed E-state index contributed by atoms with van der Waals surface area (Å²) >= 11 is 0. The molecule has 3 heterocycles. The number of ether oxygens (including phenoxy) is 1. The molecule has 1 saturated heterocycles. The highest BCUT2D eigenvalue weighted by Gasteiger charge is 2.21. The standard InChI is InChI=1S/C38H42N6O4.C2H6/c1-26-20-31(8-9-32(26)23-39-37(45)48-38(2,3)4)36-35-22-33(24-43(35)41-25-40-36)30-7-5-6-27(21-30)14-17-42-18-15-29(16-19-42)28-10-12-34(13-11-28)44(46)47;1-2/h5-13,20-22,24-25,29H,14-19,23H2,1-4H3,(H,39,45);1-2H3. The Kier molecular flexibility index (Phi) is 11.6. The first-order valence-corrected chi connectivity index (χ1v) is 17.5. The number of alkyl carbamates (subject to hydrolysis) is 1. The second-order valence-electron chi connectivity index (χ2n) is 13.6. The van der Waals surface area contributed by atoms with Crippen molar-refractivity contribution in [1.82, 2.24) is 24.8 Å². The van der Waals surface area contributed by atoms with Gasteiger partial charge in [-0.25, -0.2) is 14.3 Å². The molecule has 262 valence electrons. The molecule has 50 heavy (non-hydrogen) atoms. The predicted octanol–water partition coefficient (Wildman–Crippen LogP) is 8.75. The highest BCUT2D eigenvalue weighted by Crippen LogP contribution is 2.31. The molecule has 0 radical (unpaired) electrons. The second kappa shape index (κ2) is 16.1. The second-order valence-corrected chi connectivity index (χ2v) is 13.6. The predicted molar refractivity (Wildman–Crippen MR) is 198 cm³/mol. The van der Waals surface area contributed by atoms with Gasteiger partial charge in [-0.3, -0.25) is 10.1 Å². The first kappa shape index (κ1) is 36.2. The third-order valence-electron chi connectivity index (χ3n) is 8.98. The molecular weight excluding hydrogens is 628 g/mol. The number of likely N-dealkylation sites (tertiary alicyclic amines) is 1. The number of piperidine rings is 1. The van der Waals surface area contributed by atoms with Gasteiger partial charge in [-0.05, 0) is 106 Å². The van der Waals surface area contributed by atoms with Crippen LogP contribution in [0.4, 0.5) is 10.5 Å². The Morgan fingerprint density at radius 3 is 2.40 bits per heavy atom. The first-order chi connectivity index (χ1) is 24.0. The number of nitro groups is 1. The lowest BCUT2D eigenvalue weighted by atomic mass is 9.89. The van der Waals surface area contributed by atoms with E-state index in [2.05, 4.69) is 62.9 Å². The van der Waals surface area contributed by atoms with Crippen molar-refractivity contribution in [3.8, 4) is 22.4 Å². The number of carbonyl (C=O) groups is 1. The highest BCUT2D eigenvalue weighted by molar-refractivity contribution is 5.82. The summed E-state index contributed by atoms with van der Waals surface area (Å²) in [5, 5.41) is 18.3. The number of hydrogen-bond acceptors (Lipinski definition) is 7. The van der Waals surface area contributed by atoms with Gasteiger partial charge in [0.15, 0.2) is 0 Å². The Morgan fingerprint density at radius 1 is 0.980 bits per heavy atom. The normalized spacial score (nSPS) is 13.8. The monoisotopic (exact) mass is 676 g/mol. The fourth-order valence-electron chi connectivity index (χ4n) is 6.38. The zero-order valence-corrected chi connectivity index (χ0v) is 30.0. The Bertz CT molecular complexity index is 1920. The van der Waals surface area contributed by atoms with E-state index in [-0.39, 0.29) is 10.6 Å². The van der Waals surface area contributed by atoms with Crippen LogP contribution in [-0.4, -0.2) is 55.7 Å². The molecule has 10 heteroatoms. The largest absolute Gasteiger partial charge is 0.444 e. The molecule has 3 aromatic carbocycles. The number of hydrogen-bond donors (Lipinski definition) is 1. The van der Waals surface area contributed by atoms with Gasteiger partial charge in [-0.1, -0.05) is 62.4 Å². The summed E-state index contributed by atoms with van der Waals surface area (Å²) in [4.78, 5) is 29.9. The van der Waals surface area contributed by atoms with E-state index in [0.717, 1.165) is 77.9 Å². The van der Waals surface area contributed by atoms with Crippen molar-refractivity contribution < 1.29 is 14.5 Å². The zero-order chi connectivity index (χ0) is 35.8. The van der Waals surface area contributed by atoms with Gasteiger partial charge < -0.3 is 15.0 Å². The summed E-state index contributed by atoms with van der Waals surface area (Å²) in [7, 11) is 0. The zero-order valence-electron chi connectivity index (χ0n) is 30.0. The minimum Gasteiger partial charge on any atom is -0.444 e. The first-order valence-electron chi connectivity index (χ1n) is 17.5. The number of amides is 1. The maximum absolute atomic E-state index is 12.1. The average Bonchev–Trinajstić information content (AvgIpc) is 3.56. The molecule has 0 unspecified atom stereocenters. The van der Waals surface area contributed by atoms with Crippen LogP contribution >= 0.6 is 0 Å². The minimum absolute atomic E-state index is 0.146. The van der Waals surface area contributed by atoms with Gasteiger partial charge in [0, 0.05) is 42.5 Å². The van der Waals surface area contributed by atoms with E-state index in [1.165, 1.54) is 11.1 Å². The number of carbonyl (C=O) groups excluding carboxylic acids is 1. The van der Waals surface area contributed by atoms with Crippen molar-refractivity contribution in [1.29, 1.82) is 0 Å². The third-order valence-corrected chi connectivity index (χ3v) is 8.98. The molecule has 1 N–H and O–H groups in total. The van der Waals surface area contributed by atoms with E-state index < -0.39 is 11.7 Å². The van der Waals surface area contributed by atoms with Crippen molar-refractivity contribution in [2.45, 2.75) is 78.9 Å². The van der Waals surface area contributed by atoms with Gasteiger partial charge in [0.25, 0.3) is 5.69 Å². The number of non-ortho nitro benzene ring substituents is 1. The topological polar surface area (TPSA) is 115 Å². The van der Waals surface area contributed by atoms with Crippen LogP contribution < -0.4 is 5.32 Å². The molecule has 0 atom stereocenters. The lowest BCUT2D eigenvalue weighted by Crippen LogP contribution is -2.34. The van der Waals surface area contributed by atoms with Crippen molar-refractivity contribution in [2.75, 3.05) is 19.6 Å². The SMILES string of the molecule is CC.Cc1cc(-c2ncnn3cc(-c4cccc(CCN5CCC(c6ccc([N+](=O)[O-])cc6)CC5)c4)cc23)ccc1CNC(=O)OC(C)(C)C.